The van der Waals surface area contributed by atoms with Crippen LogP contribution in [0.25, 0.3) is 33.9 Å². The van der Waals surface area contributed by atoms with Gasteiger partial charge in [0.1, 0.15) is 11.3 Å². The van der Waals surface area contributed by atoms with Gasteiger partial charge in [0.05, 0.1) is 0 Å². The number of amides is 1. The number of furan rings is 1. The van der Waals surface area contributed by atoms with Crippen molar-refractivity contribution in [1.29, 1.82) is 0 Å². The van der Waals surface area contributed by atoms with Crippen LogP contribution in [-0.4, -0.2) is 16.0 Å². The second-order valence-corrected chi connectivity index (χ2v) is 9.01. The minimum absolute atomic E-state index is 0.132. The van der Waals surface area contributed by atoms with Gasteiger partial charge >= 0.3 is 0 Å². The van der Waals surface area contributed by atoms with Crippen molar-refractivity contribution in [3.05, 3.63) is 94.7 Å². The Morgan fingerprint density at radius 3 is 2.49 bits per heavy atom. The van der Waals surface area contributed by atoms with Gasteiger partial charge in [-0.2, -0.15) is 0 Å². The van der Waals surface area contributed by atoms with Crippen molar-refractivity contribution in [1.82, 2.24) is 10.3 Å². The van der Waals surface area contributed by atoms with Gasteiger partial charge in [-0.1, -0.05) is 40.9 Å². The van der Waals surface area contributed by atoms with Crippen LogP contribution >= 0.6 is 23.8 Å². The summed E-state index contributed by atoms with van der Waals surface area (Å²) in [6.07, 6.45) is 0. The molecule has 1 amide bonds. The fourth-order valence-corrected chi connectivity index (χ4v) is 4.21. The summed E-state index contributed by atoms with van der Waals surface area (Å²) in [7, 11) is 0. The van der Waals surface area contributed by atoms with E-state index in [2.05, 4.69) is 21.7 Å². The molecule has 3 aromatic carbocycles. The Morgan fingerprint density at radius 2 is 1.71 bits per heavy atom. The zero-order chi connectivity index (χ0) is 24.5. The van der Waals surface area contributed by atoms with E-state index in [1.54, 1.807) is 30.3 Å². The number of rotatable bonds is 4. The molecule has 2 aromatic heterocycles. The smallest absolute Gasteiger partial charge is 0.293 e. The summed E-state index contributed by atoms with van der Waals surface area (Å²) in [4.78, 5) is 17.2. The second kappa shape index (κ2) is 9.37. The van der Waals surface area contributed by atoms with Crippen molar-refractivity contribution in [2.24, 2.45) is 0 Å². The van der Waals surface area contributed by atoms with Crippen molar-refractivity contribution in [3.63, 3.8) is 0 Å². The Kier molecular flexibility index (Phi) is 6.11. The number of fused-ring (bicyclic) bond motifs is 1. The topological polar surface area (TPSA) is 80.3 Å². The van der Waals surface area contributed by atoms with Crippen LogP contribution in [0.1, 0.15) is 21.7 Å². The molecular weight excluding hydrogens is 482 g/mol. The average molecular weight is 502 g/mol. The van der Waals surface area contributed by atoms with Crippen LogP contribution in [-0.2, 0) is 0 Å². The number of halogens is 1. The molecule has 0 bridgehead atoms. The molecule has 0 fully saturated rings. The number of anilines is 1. The molecule has 0 unspecified atom stereocenters. The van der Waals surface area contributed by atoms with Gasteiger partial charge in [-0.05, 0) is 80.7 Å². The second-order valence-electron chi connectivity index (χ2n) is 8.16. The summed E-state index contributed by atoms with van der Waals surface area (Å²) >= 11 is 11.4. The highest BCUT2D eigenvalue weighted by Crippen LogP contribution is 2.28. The Labute approximate surface area is 211 Å². The summed E-state index contributed by atoms with van der Waals surface area (Å²) in [5.41, 5.74) is 5.98. The van der Waals surface area contributed by atoms with E-state index in [0.29, 0.717) is 33.5 Å². The summed E-state index contributed by atoms with van der Waals surface area (Å²) in [6.45, 7) is 4.08. The zero-order valence-corrected chi connectivity index (χ0v) is 20.5. The zero-order valence-electron chi connectivity index (χ0n) is 18.9. The Balaban J connectivity index is 1.28. The molecule has 0 saturated heterocycles. The van der Waals surface area contributed by atoms with Gasteiger partial charge in [0.25, 0.3) is 5.91 Å². The van der Waals surface area contributed by atoms with Crippen LogP contribution in [0.15, 0.2) is 81.6 Å². The number of hydrogen-bond acceptors (Lipinski definition) is 5. The van der Waals surface area contributed by atoms with Crippen LogP contribution in [0.4, 0.5) is 5.69 Å². The molecular formula is C27H20ClN3O3S. The lowest BCUT2D eigenvalue weighted by atomic mass is 10.1. The fourth-order valence-electron chi connectivity index (χ4n) is 3.81. The number of thiocarbonyl (C=S) groups is 1. The third kappa shape index (κ3) is 5.11. The van der Waals surface area contributed by atoms with Crippen molar-refractivity contribution < 1.29 is 13.6 Å². The molecule has 0 saturated carbocycles. The molecule has 5 aromatic rings. The Bertz CT molecular complexity index is 1570. The number of nitrogens with zero attached hydrogens (tertiary/aromatic N) is 1. The predicted octanol–water partition coefficient (Wildman–Crippen LogP) is 7.15. The first kappa shape index (κ1) is 22.8. The number of hydrogen-bond donors (Lipinski definition) is 2. The molecule has 174 valence electrons. The van der Waals surface area contributed by atoms with E-state index in [4.69, 9.17) is 32.7 Å². The molecule has 6 nitrogen and oxygen atoms in total. The first-order valence-corrected chi connectivity index (χ1v) is 11.6. The van der Waals surface area contributed by atoms with Gasteiger partial charge in [-0.25, -0.2) is 4.98 Å². The monoisotopic (exact) mass is 501 g/mol. The van der Waals surface area contributed by atoms with E-state index in [1.807, 2.05) is 50.2 Å². The molecule has 2 N–H and O–H groups in total. The number of oxazole rings is 1. The lowest BCUT2D eigenvalue weighted by Crippen LogP contribution is -2.33. The number of aryl methyl sites for hydroxylation is 2. The summed E-state index contributed by atoms with van der Waals surface area (Å²) in [5, 5.41) is 6.35. The minimum atomic E-state index is -0.463. The van der Waals surface area contributed by atoms with Crippen molar-refractivity contribution in [3.8, 4) is 22.8 Å². The Morgan fingerprint density at radius 1 is 0.914 bits per heavy atom. The number of nitrogens with one attached hydrogen (secondary N) is 2. The van der Waals surface area contributed by atoms with E-state index in [-0.39, 0.29) is 10.9 Å². The third-order valence-corrected chi connectivity index (χ3v) is 5.72. The highest BCUT2D eigenvalue weighted by atomic mass is 35.5. The number of benzene rings is 3. The fraction of sp³-hybridized carbons (Fsp3) is 0.0741. The summed E-state index contributed by atoms with van der Waals surface area (Å²) < 4.78 is 11.6. The molecule has 35 heavy (non-hydrogen) atoms. The maximum atomic E-state index is 12.6. The van der Waals surface area contributed by atoms with Crippen molar-refractivity contribution in [2.75, 3.05) is 5.32 Å². The van der Waals surface area contributed by atoms with Gasteiger partial charge in [0.15, 0.2) is 16.5 Å². The first-order valence-electron chi connectivity index (χ1n) is 10.8. The van der Waals surface area contributed by atoms with E-state index < -0.39 is 5.91 Å². The first-order chi connectivity index (χ1) is 16.8. The van der Waals surface area contributed by atoms with E-state index in [0.717, 1.165) is 22.3 Å². The van der Waals surface area contributed by atoms with Crippen LogP contribution in [0.5, 0.6) is 0 Å². The van der Waals surface area contributed by atoms with Crippen LogP contribution in [0, 0.1) is 13.8 Å². The highest BCUT2D eigenvalue weighted by Gasteiger charge is 2.15. The quantitative estimate of drug-likeness (QED) is 0.254. The summed E-state index contributed by atoms with van der Waals surface area (Å²) in [6, 6.07) is 22.1. The predicted molar refractivity (Wildman–Crippen MR) is 142 cm³/mol. The van der Waals surface area contributed by atoms with E-state index in [9.17, 15) is 4.79 Å². The molecule has 0 atom stereocenters. The molecule has 0 aliphatic carbocycles. The lowest BCUT2D eigenvalue weighted by Gasteiger charge is -2.08. The standard InChI is InChI=1S/C27H20ClN3O3S/c1-15-10-16(2)12-18(11-15)26-30-21-14-20(6-7-23(21)34-26)29-27(35)31-25(32)24-9-8-22(33-24)17-4-3-5-19(28)13-17/h3-14H,1-2H3,(H2,29,31,32,35). The van der Waals surface area contributed by atoms with Gasteiger partial charge in [-0.3, -0.25) is 10.1 Å². The molecule has 0 spiro atoms. The molecule has 0 aliphatic heterocycles. The van der Waals surface area contributed by atoms with Gasteiger partial charge in [0.2, 0.25) is 5.89 Å². The third-order valence-electron chi connectivity index (χ3n) is 5.28. The molecule has 0 aliphatic rings. The number of carbonyl (C=O) groups excluding carboxylic acids is 1. The van der Waals surface area contributed by atoms with Gasteiger partial charge in [0, 0.05) is 21.8 Å². The highest BCUT2D eigenvalue weighted by molar-refractivity contribution is 7.80. The van der Waals surface area contributed by atoms with Crippen molar-refractivity contribution >= 4 is 51.6 Å². The summed E-state index contributed by atoms with van der Waals surface area (Å²) in [5.74, 6) is 0.755. The maximum absolute atomic E-state index is 12.6. The van der Waals surface area contributed by atoms with Crippen LogP contribution in [0.3, 0.4) is 0 Å². The molecule has 8 heteroatoms. The Hall–Kier alpha value is -3.94. The minimum Gasteiger partial charge on any atom is -0.451 e. The largest absolute Gasteiger partial charge is 0.451 e. The molecule has 0 radical (unpaired) electrons. The maximum Gasteiger partial charge on any atom is 0.293 e. The average Bonchev–Trinajstić information content (AvgIpc) is 3.46. The van der Waals surface area contributed by atoms with Crippen LogP contribution < -0.4 is 10.6 Å². The molecule has 5 rings (SSSR count). The van der Waals surface area contributed by atoms with Crippen molar-refractivity contribution in [2.45, 2.75) is 13.8 Å². The van der Waals surface area contributed by atoms with Gasteiger partial charge < -0.3 is 14.2 Å². The normalized spacial score (nSPS) is 10.9. The van der Waals surface area contributed by atoms with E-state index in [1.165, 1.54) is 0 Å². The SMILES string of the molecule is Cc1cc(C)cc(-c2nc3cc(NC(=S)NC(=O)c4ccc(-c5cccc(Cl)c5)o4)ccc3o2)c1. The van der Waals surface area contributed by atoms with Gasteiger partial charge in [-0.15, -0.1) is 0 Å². The number of carbonyl (C=O) groups is 1. The number of aromatic nitrogens is 1. The molecule has 2 heterocycles. The lowest BCUT2D eigenvalue weighted by molar-refractivity contribution is 0.0951. The van der Waals surface area contributed by atoms with Crippen LogP contribution in [0.2, 0.25) is 5.02 Å². The van der Waals surface area contributed by atoms with E-state index >= 15 is 0 Å².